The van der Waals surface area contributed by atoms with Gasteiger partial charge in [-0.25, -0.2) is 0 Å². The first kappa shape index (κ1) is 13.8. The molecule has 0 radical (unpaired) electrons. The van der Waals surface area contributed by atoms with Crippen LogP contribution in [0.3, 0.4) is 0 Å². The number of pyridine rings is 1. The van der Waals surface area contributed by atoms with E-state index < -0.39 is 0 Å². The number of rotatable bonds is 8. The Labute approximate surface area is 102 Å². The van der Waals surface area contributed by atoms with Crippen LogP contribution in [0.15, 0.2) is 23.1 Å². The van der Waals surface area contributed by atoms with Gasteiger partial charge in [-0.15, -0.1) is 0 Å². The van der Waals surface area contributed by atoms with Crippen LogP contribution >= 0.6 is 0 Å². The largest absolute Gasteiger partial charge is 0.398 e. The second-order valence-corrected chi connectivity index (χ2v) is 4.17. The Morgan fingerprint density at radius 3 is 2.76 bits per heavy atom. The van der Waals surface area contributed by atoms with Crippen molar-refractivity contribution in [1.29, 1.82) is 0 Å². The molecule has 0 aliphatic heterocycles. The van der Waals surface area contributed by atoms with Crippen molar-refractivity contribution in [3.63, 3.8) is 0 Å². The lowest BCUT2D eigenvalue weighted by Gasteiger charge is -2.07. The van der Waals surface area contributed by atoms with Gasteiger partial charge in [0.1, 0.15) is 0 Å². The third-order valence-electron chi connectivity index (χ3n) is 2.59. The van der Waals surface area contributed by atoms with Gasteiger partial charge in [-0.2, -0.15) is 0 Å². The molecule has 96 valence electrons. The Morgan fingerprint density at radius 2 is 2.00 bits per heavy atom. The van der Waals surface area contributed by atoms with Crippen molar-refractivity contribution >= 4 is 5.69 Å². The number of anilines is 1. The second kappa shape index (κ2) is 7.90. The van der Waals surface area contributed by atoms with E-state index >= 15 is 0 Å². The minimum Gasteiger partial charge on any atom is -0.398 e. The van der Waals surface area contributed by atoms with Gasteiger partial charge in [0.25, 0.3) is 5.56 Å². The summed E-state index contributed by atoms with van der Waals surface area (Å²) in [5.41, 5.74) is 6.23. The highest BCUT2D eigenvalue weighted by Crippen LogP contribution is 1.98. The molecule has 0 unspecified atom stereocenters. The van der Waals surface area contributed by atoms with Crippen LogP contribution in [0.4, 0.5) is 5.69 Å². The van der Waals surface area contributed by atoms with Crippen LogP contribution in [0.1, 0.15) is 32.6 Å². The zero-order valence-electron chi connectivity index (χ0n) is 10.5. The van der Waals surface area contributed by atoms with Gasteiger partial charge in [0.2, 0.25) is 0 Å². The number of hydrogen-bond donors (Lipinski definition) is 1. The van der Waals surface area contributed by atoms with Gasteiger partial charge in [0, 0.05) is 37.7 Å². The lowest BCUT2D eigenvalue weighted by Crippen LogP contribution is -2.19. The Balaban J connectivity index is 2.18. The number of nitrogen functional groups attached to an aromatic ring is 1. The van der Waals surface area contributed by atoms with E-state index in [9.17, 15) is 4.79 Å². The summed E-state index contributed by atoms with van der Waals surface area (Å²) < 4.78 is 7.11. The molecule has 0 atom stereocenters. The predicted octanol–water partition coefficient (Wildman–Crippen LogP) is 2.03. The Morgan fingerprint density at radius 1 is 1.24 bits per heavy atom. The number of aromatic nitrogens is 1. The summed E-state index contributed by atoms with van der Waals surface area (Å²) in [7, 11) is 0. The molecule has 1 aromatic rings. The molecular weight excluding hydrogens is 216 g/mol. The Hall–Kier alpha value is -1.29. The van der Waals surface area contributed by atoms with Gasteiger partial charge >= 0.3 is 0 Å². The van der Waals surface area contributed by atoms with Crippen LogP contribution < -0.4 is 11.3 Å². The minimum atomic E-state index is -0.00909. The summed E-state index contributed by atoms with van der Waals surface area (Å²) in [5.74, 6) is 0. The highest BCUT2D eigenvalue weighted by atomic mass is 16.5. The first-order valence-electron chi connectivity index (χ1n) is 6.27. The second-order valence-electron chi connectivity index (χ2n) is 4.17. The molecular formula is C13H22N2O2. The molecule has 4 nitrogen and oxygen atoms in total. The molecule has 0 bridgehead atoms. The SMILES string of the molecule is CCCCCOCCCn1cc(N)ccc1=O. The van der Waals surface area contributed by atoms with Gasteiger partial charge in [-0.3, -0.25) is 4.79 Å². The highest BCUT2D eigenvalue weighted by Gasteiger charge is 1.96. The molecule has 4 heteroatoms. The first-order chi connectivity index (χ1) is 8.24. The Kier molecular flexibility index (Phi) is 6.40. The maximum absolute atomic E-state index is 11.4. The van der Waals surface area contributed by atoms with Crippen molar-refractivity contribution in [3.8, 4) is 0 Å². The normalized spacial score (nSPS) is 10.6. The molecule has 0 amide bonds. The fraction of sp³-hybridized carbons (Fsp3) is 0.615. The molecule has 1 rings (SSSR count). The van der Waals surface area contributed by atoms with Crippen molar-refractivity contribution in [3.05, 3.63) is 28.7 Å². The summed E-state index contributed by atoms with van der Waals surface area (Å²) in [5, 5.41) is 0. The van der Waals surface area contributed by atoms with Gasteiger partial charge in [-0.1, -0.05) is 19.8 Å². The van der Waals surface area contributed by atoms with Gasteiger partial charge in [0.15, 0.2) is 0 Å². The monoisotopic (exact) mass is 238 g/mol. The predicted molar refractivity (Wildman–Crippen MR) is 70.1 cm³/mol. The molecule has 0 fully saturated rings. The molecule has 17 heavy (non-hydrogen) atoms. The summed E-state index contributed by atoms with van der Waals surface area (Å²) in [6, 6.07) is 3.12. The first-order valence-corrected chi connectivity index (χ1v) is 6.27. The molecule has 0 aromatic carbocycles. The van der Waals surface area contributed by atoms with Crippen molar-refractivity contribution in [1.82, 2.24) is 4.57 Å². The van der Waals surface area contributed by atoms with E-state index in [0.29, 0.717) is 18.8 Å². The molecule has 0 aliphatic rings. The smallest absolute Gasteiger partial charge is 0.250 e. The lowest BCUT2D eigenvalue weighted by molar-refractivity contribution is 0.125. The summed E-state index contributed by atoms with van der Waals surface area (Å²) >= 11 is 0. The van der Waals surface area contributed by atoms with Crippen LogP contribution in [-0.4, -0.2) is 17.8 Å². The molecule has 0 saturated carbocycles. The average Bonchev–Trinajstić information content (AvgIpc) is 2.32. The topological polar surface area (TPSA) is 57.2 Å². The number of ether oxygens (including phenoxy) is 1. The van der Waals surface area contributed by atoms with Gasteiger partial charge < -0.3 is 15.0 Å². The van der Waals surface area contributed by atoms with Crippen molar-refractivity contribution < 1.29 is 4.74 Å². The van der Waals surface area contributed by atoms with Crippen LogP contribution in [0.5, 0.6) is 0 Å². The third kappa shape index (κ3) is 5.54. The fourth-order valence-corrected chi connectivity index (χ4v) is 1.62. The van der Waals surface area contributed by atoms with Gasteiger partial charge in [0.05, 0.1) is 0 Å². The molecule has 2 N–H and O–H groups in total. The quantitative estimate of drug-likeness (QED) is 0.705. The van der Waals surface area contributed by atoms with Crippen LogP contribution in [0, 0.1) is 0 Å². The van der Waals surface area contributed by atoms with E-state index in [1.807, 2.05) is 0 Å². The number of nitrogens with two attached hydrogens (primary N) is 1. The third-order valence-corrected chi connectivity index (χ3v) is 2.59. The van der Waals surface area contributed by atoms with Crippen molar-refractivity contribution in [2.24, 2.45) is 0 Å². The van der Waals surface area contributed by atoms with E-state index in [0.717, 1.165) is 19.4 Å². The van der Waals surface area contributed by atoms with Crippen LogP contribution in [0.2, 0.25) is 0 Å². The summed E-state index contributed by atoms with van der Waals surface area (Å²) in [6.45, 7) is 4.36. The zero-order valence-corrected chi connectivity index (χ0v) is 10.5. The van der Waals surface area contributed by atoms with E-state index in [1.54, 1.807) is 16.8 Å². The molecule has 0 aliphatic carbocycles. The standard InChI is InChI=1S/C13H22N2O2/c1-2-3-4-9-17-10-5-8-15-11-12(14)6-7-13(15)16/h6-7,11H,2-5,8-10,14H2,1H3. The number of aryl methyl sites for hydroxylation is 1. The highest BCUT2D eigenvalue weighted by molar-refractivity contribution is 5.33. The summed E-state index contributed by atoms with van der Waals surface area (Å²) in [6.07, 6.45) is 6.07. The number of unbranched alkanes of at least 4 members (excludes halogenated alkanes) is 2. The summed E-state index contributed by atoms with van der Waals surface area (Å²) in [4.78, 5) is 11.4. The maximum Gasteiger partial charge on any atom is 0.250 e. The zero-order chi connectivity index (χ0) is 12.5. The average molecular weight is 238 g/mol. The van der Waals surface area contributed by atoms with Crippen LogP contribution in [-0.2, 0) is 11.3 Å². The van der Waals surface area contributed by atoms with Gasteiger partial charge in [-0.05, 0) is 18.9 Å². The van der Waals surface area contributed by atoms with Crippen LogP contribution in [0.25, 0.3) is 0 Å². The molecule has 0 spiro atoms. The lowest BCUT2D eigenvalue weighted by atomic mass is 10.3. The van der Waals surface area contributed by atoms with E-state index in [2.05, 4.69) is 6.92 Å². The fourth-order valence-electron chi connectivity index (χ4n) is 1.62. The molecule has 0 saturated heterocycles. The number of hydrogen-bond acceptors (Lipinski definition) is 3. The van der Waals surface area contributed by atoms with E-state index in [1.165, 1.54) is 18.9 Å². The Bertz CT molecular complexity index is 374. The maximum atomic E-state index is 11.4. The minimum absolute atomic E-state index is 0.00909. The number of nitrogens with zero attached hydrogens (tertiary/aromatic N) is 1. The van der Waals surface area contributed by atoms with Crippen molar-refractivity contribution in [2.75, 3.05) is 18.9 Å². The van der Waals surface area contributed by atoms with Crippen molar-refractivity contribution in [2.45, 2.75) is 39.2 Å². The molecule has 1 aromatic heterocycles. The van der Waals surface area contributed by atoms with E-state index in [4.69, 9.17) is 10.5 Å². The molecule has 1 heterocycles. The van der Waals surface area contributed by atoms with E-state index in [-0.39, 0.29) is 5.56 Å².